The largest absolute Gasteiger partial charge is 0.394 e. The maximum atomic E-state index is 12.5. The van der Waals surface area contributed by atoms with E-state index < -0.39 is 11.5 Å². The molecule has 1 heterocycles. The minimum absolute atomic E-state index is 0.193. The summed E-state index contributed by atoms with van der Waals surface area (Å²) < 4.78 is 0. The lowest BCUT2D eigenvalue weighted by atomic mass is 9.96. The monoisotopic (exact) mass is 261 g/mol. The molecule has 1 saturated heterocycles. The predicted molar refractivity (Wildman–Crippen MR) is 71.4 cm³/mol. The van der Waals surface area contributed by atoms with Gasteiger partial charge in [-0.3, -0.25) is 14.5 Å². The van der Waals surface area contributed by atoms with Crippen molar-refractivity contribution in [1.29, 1.82) is 0 Å². The van der Waals surface area contributed by atoms with Gasteiger partial charge in [-0.05, 0) is 18.9 Å². The van der Waals surface area contributed by atoms with E-state index in [0.717, 1.165) is 5.56 Å². The maximum absolute atomic E-state index is 12.5. The molecule has 2 unspecified atom stereocenters. The molecule has 0 radical (unpaired) electrons. The number of rotatable bonds is 4. The number of hydrogen-bond donors (Lipinski definition) is 1. The van der Waals surface area contributed by atoms with E-state index in [1.54, 1.807) is 6.92 Å². The smallest absolute Gasteiger partial charge is 0.237 e. The van der Waals surface area contributed by atoms with Gasteiger partial charge in [0.15, 0.2) is 0 Å². The van der Waals surface area contributed by atoms with E-state index in [1.165, 1.54) is 4.90 Å². The van der Waals surface area contributed by atoms with Gasteiger partial charge in [0.2, 0.25) is 11.8 Å². The third-order valence-electron chi connectivity index (χ3n) is 3.99. The van der Waals surface area contributed by atoms with Crippen LogP contribution in [0.15, 0.2) is 30.3 Å². The summed E-state index contributed by atoms with van der Waals surface area (Å²) >= 11 is 0. The van der Waals surface area contributed by atoms with Crippen LogP contribution >= 0.6 is 0 Å². The van der Waals surface area contributed by atoms with Crippen LogP contribution in [0.1, 0.15) is 38.2 Å². The van der Waals surface area contributed by atoms with Crippen LogP contribution < -0.4 is 0 Å². The molecule has 1 aromatic carbocycles. The summed E-state index contributed by atoms with van der Waals surface area (Å²) in [5.74, 6) is -0.807. The summed E-state index contributed by atoms with van der Waals surface area (Å²) in [4.78, 5) is 25.9. The van der Waals surface area contributed by atoms with E-state index >= 15 is 0 Å². The Labute approximate surface area is 113 Å². The molecule has 0 aromatic heterocycles. The Kier molecular flexibility index (Phi) is 3.71. The second kappa shape index (κ2) is 5.13. The molecule has 0 bridgehead atoms. The first-order valence-electron chi connectivity index (χ1n) is 6.56. The highest BCUT2D eigenvalue weighted by Crippen LogP contribution is 2.35. The highest BCUT2D eigenvalue weighted by atomic mass is 16.3. The van der Waals surface area contributed by atoms with Crippen molar-refractivity contribution in [2.45, 2.75) is 38.1 Å². The van der Waals surface area contributed by atoms with Gasteiger partial charge in [0.05, 0.1) is 18.1 Å². The molecule has 1 fully saturated rings. The van der Waals surface area contributed by atoms with Crippen LogP contribution in [0.2, 0.25) is 0 Å². The molecule has 4 heteroatoms. The molecule has 0 saturated carbocycles. The molecule has 1 aliphatic rings. The summed E-state index contributed by atoms with van der Waals surface area (Å²) in [6.07, 6.45) is 0.737. The zero-order valence-electron chi connectivity index (χ0n) is 11.3. The Morgan fingerprint density at radius 3 is 2.47 bits per heavy atom. The van der Waals surface area contributed by atoms with Crippen LogP contribution in [0.25, 0.3) is 0 Å². The molecular formula is C15H19NO3. The maximum Gasteiger partial charge on any atom is 0.237 e. The Bertz CT molecular complexity index is 479. The number of carbonyl (C=O) groups is 2. The molecule has 2 atom stereocenters. The van der Waals surface area contributed by atoms with Crippen LogP contribution in [-0.2, 0) is 9.59 Å². The molecule has 19 heavy (non-hydrogen) atoms. The summed E-state index contributed by atoms with van der Waals surface area (Å²) in [7, 11) is 0. The van der Waals surface area contributed by atoms with Crippen molar-refractivity contribution >= 4 is 11.8 Å². The fourth-order valence-corrected chi connectivity index (χ4v) is 2.49. The molecule has 0 spiro atoms. The van der Waals surface area contributed by atoms with Crippen LogP contribution in [0, 0.1) is 0 Å². The number of aliphatic hydroxyl groups excluding tert-OH is 1. The van der Waals surface area contributed by atoms with Crippen molar-refractivity contribution in [3.05, 3.63) is 35.9 Å². The zero-order chi connectivity index (χ0) is 14.0. The second-order valence-corrected chi connectivity index (χ2v) is 5.24. The molecule has 2 rings (SSSR count). The molecule has 2 amide bonds. The van der Waals surface area contributed by atoms with Gasteiger partial charge in [-0.15, -0.1) is 0 Å². The van der Waals surface area contributed by atoms with E-state index in [1.807, 2.05) is 37.3 Å². The highest BCUT2D eigenvalue weighted by molar-refractivity contribution is 6.07. The normalized spacial score (nSPS) is 22.7. The topological polar surface area (TPSA) is 57.6 Å². The van der Waals surface area contributed by atoms with E-state index in [0.29, 0.717) is 6.42 Å². The van der Waals surface area contributed by atoms with E-state index in [2.05, 4.69) is 0 Å². The third-order valence-corrected chi connectivity index (χ3v) is 3.99. The van der Waals surface area contributed by atoms with Gasteiger partial charge in [0.25, 0.3) is 0 Å². The number of nitrogens with zero attached hydrogens (tertiary/aromatic N) is 1. The number of amides is 2. The average molecular weight is 261 g/mol. The molecule has 1 N–H and O–H groups in total. The minimum Gasteiger partial charge on any atom is -0.394 e. The summed E-state index contributed by atoms with van der Waals surface area (Å²) in [6, 6.07) is 9.33. The number of benzene rings is 1. The van der Waals surface area contributed by atoms with Gasteiger partial charge >= 0.3 is 0 Å². The fraction of sp³-hybridized carbons (Fsp3) is 0.467. The van der Waals surface area contributed by atoms with Gasteiger partial charge in [-0.25, -0.2) is 0 Å². The SMILES string of the molecule is CCC(C)(CO)N1C(=O)CC(c2ccccc2)C1=O. The fourth-order valence-electron chi connectivity index (χ4n) is 2.49. The quantitative estimate of drug-likeness (QED) is 0.839. The van der Waals surface area contributed by atoms with Crippen LogP contribution in [0.3, 0.4) is 0 Å². The van der Waals surface area contributed by atoms with Gasteiger partial charge < -0.3 is 5.11 Å². The number of aliphatic hydroxyl groups is 1. The average Bonchev–Trinajstić information content (AvgIpc) is 2.75. The summed E-state index contributed by atoms with van der Waals surface area (Å²) in [6.45, 7) is 3.41. The second-order valence-electron chi connectivity index (χ2n) is 5.24. The van der Waals surface area contributed by atoms with Crippen molar-refractivity contribution in [3.8, 4) is 0 Å². The molecule has 102 valence electrons. The third kappa shape index (κ3) is 2.28. The van der Waals surface area contributed by atoms with Crippen molar-refractivity contribution in [3.63, 3.8) is 0 Å². The molecule has 1 aromatic rings. The summed E-state index contributed by atoms with van der Waals surface area (Å²) in [5, 5.41) is 9.49. The van der Waals surface area contributed by atoms with Gasteiger partial charge in [0.1, 0.15) is 0 Å². The molecule has 4 nitrogen and oxygen atoms in total. The first-order chi connectivity index (χ1) is 9.03. The first-order valence-corrected chi connectivity index (χ1v) is 6.56. The van der Waals surface area contributed by atoms with Crippen LogP contribution in [0.4, 0.5) is 0 Å². The van der Waals surface area contributed by atoms with E-state index in [9.17, 15) is 14.7 Å². The van der Waals surface area contributed by atoms with Crippen LogP contribution in [0.5, 0.6) is 0 Å². The lowest BCUT2D eigenvalue weighted by Crippen LogP contribution is -2.52. The zero-order valence-corrected chi connectivity index (χ0v) is 11.3. The number of likely N-dealkylation sites (tertiary alicyclic amines) is 1. The molecular weight excluding hydrogens is 242 g/mol. The number of carbonyl (C=O) groups excluding carboxylic acids is 2. The predicted octanol–water partition coefficient (Wildman–Crippen LogP) is 1.69. The van der Waals surface area contributed by atoms with Crippen molar-refractivity contribution < 1.29 is 14.7 Å². The molecule has 0 aliphatic carbocycles. The molecule has 1 aliphatic heterocycles. The Morgan fingerprint density at radius 1 is 1.32 bits per heavy atom. The first kappa shape index (κ1) is 13.7. The van der Waals surface area contributed by atoms with E-state index in [4.69, 9.17) is 0 Å². The van der Waals surface area contributed by atoms with Gasteiger partial charge in [0, 0.05) is 6.42 Å². The highest BCUT2D eigenvalue weighted by Gasteiger charge is 2.47. The van der Waals surface area contributed by atoms with Crippen molar-refractivity contribution in [2.24, 2.45) is 0 Å². The van der Waals surface area contributed by atoms with E-state index in [-0.39, 0.29) is 24.8 Å². The van der Waals surface area contributed by atoms with Crippen molar-refractivity contribution in [1.82, 2.24) is 4.90 Å². The lowest BCUT2D eigenvalue weighted by molar-refractivity contribution is -0.147. The van der Waals surface area contributed by atoms with Crippen LogP contribution in [-0.4, -0.2) is 34.0 Å². The van der Waals surface area contributed by atoms with Gasteiger partial charge in [-0.2, -0.15) is 0 Å². The minimum atomic E-state index is -0.794. The Hall–Kier alpha value is -1.68. The Balaban J connectivity index is 2.32. The standard InChI is InChI=1S/C15H19NO3/c1-3-15(2,10-17)16-13(18)9-12(14(16)19)11-7-5-4-6-8-11/h4-8,12,17H,3,9-10H2,1-2H3. The number of hydrogen-bond acceptors (Lipinski definition) is 3. The Morgan fingerprint density at radius 2 is 1.95 bits per heavy atom. The van der Waals surface area contributed by atoms with Crippen molar-refractivity contribution in [2.75, 3.05) is 6.61 Å². The van der Waals surface area contributed by atoms with Gasteiger partial charge in [-0.1, -0.05) is 37.3 Å². The summed E-state index contributed by atoms with van der Waals surface area (Å²) in [5.41, 5.74) is 0.0669. The lowest BCUT2D eigenvalue weighted by Gasteiger charge is -2.35. The number of imide groups is 1.